The van der Waals surface area contributed by atoms with Gasteiger partial charge in [-0.25, -0.2) is 9.59 Å². The second-order valence-electron chi connectivity index (χ2n) is 12.0. The average molecular weight is 553 g/mol. The largest absolute Gasteiger partial charge is 0.395 e. The van der Waals surface area contributed by atoms with E-state index in [2.05, 4.69) is 35.1 Å². The standard InChI is InChI=1S/C30H44N6O4/c1-22-6-5-12-33(13-9-22)14-10-24-7-8-25(20-23(24)2)36-15-11-26(32-29(36)40)31-28(39)35-18-16-34(17-19-35)27(38)30(3,4)21-37/h7-8,11,15,20,22,37H,5-6,9-10,12-14,16-19,21H2,1-4H3,(H,31,32,39,40). The molecule has 2 aliphatic heterocycles. The first-order valence-corrected chi connectivity index (χ1v) is 14.5. The van der Waals surface area contributed by atoms with Crippen LogP contribution >= 0.6 is 0 Å². The molecule has 0 bridgehead atoms. The van der Waals surface area contributed by atoms with E-state index in [0.29, 0.717) is 26.2 Å². The van der Waals surface area contributed by atoms with Gasteiger partial charge >= 0.3 is 11.7 Å². The molecule has 0 saturated carbocycles. The maximum Gasteiger partial charge on any atom is 0.354 e. The third-order valence-electron chi connectivity index (χ3n) is 8.28. The number of benzene rings is 1. The number of nitrogens with one attached hydrogen (secondary N) is 1. The zero-order chi connectivity index (χ0) is 28.9. The Hall–Kier alpha value is -3.24. The van der Waals surface area contributed by atoms with Crippen molar-refractivity contribution in [1.29, 1.82) is 0 Å². The first-order valence-electron chi connectivity index (χ1n) is 14.5. The summed E-state index contributed by atoms with van der Waals surface area (Å²) in [6, 6.07) is 7.32. The third-order valence-corrected chi connectivity index (χ3v) is 8.28. The molecule has 10 nitrogen and oxygen atoms in total. The van der Waals surface area contributed by atoms with Crippen molar-refractivity contribution in [3.8, 4) is 5.69 Å². The van der Waals surface area contributed by atoms with Crippen molar-refractivity contribution < 1.29 is 14.7 Å². The summed E-state index contributed by atoms with van der Waals surface area (Å²) in [6.45, 7) is 12.5. The molecular weight excluding hydrogens is 508 g/mol. The monoisotopic (exact) mass is 552 g/mol. The highest BCUT2D eigenvalue weighted by Gasteiger charge is 2.34. The van der Waals surface area contributed by atoms with E-state index >= 15 is 0 Å². The molecule has 3 amide bonds. The van der Waals surface area contributed by atoms with Gasteiger partial charge in [0.2, 0.25) is 5.91 Å². The number of aliphatic hydroxyl groups excluding tert-OH is 1. The maximum atomic E-state index is 12.8. The summed E-state index contributed by atoms with van der Waals surface area (Å²) in [5.41, 5.74) is 1.86. The van der Waals surface area contributed by atoms with Gasteiger partial charge in [0.1, 0.15) is 5.82 Å². The van der Waals surface area contributed by atoms with Crippen LogP contribution in [0, 0.1) is 18.3 Å². The summed E-state index contributed by atoms with van der Waals surface area (Å²) < 4.78 is 1.48. The number of piperazine rings is 1. The molecule has 1 atom stereocenters. The lowest BCUT2D eigenvalue weighted by Crippen LogP contribution is -2.54. The minimum absolute atomic E-state index is 0.129. The second-order valence-corrected chi connectivity index (χ2v) is 12.0. The Labute approximate surface area is 237 Å². The lowest BCUT2D eigenvalue weighted by atomic mass is 9.92. The minimum Gasteiger partial charge on any atom is -0.395 e. The van der Waals surface area contributed by atoms with Gasteiger partial charge in [-0.2, -0.15) is 4.98 Å². The average Bonchev–Trinajstić information content (AvgIpc) is 3.15. The summed E-state index contributed by atoms with van der Waals surface area (Å²) in [6.07, 6.45) is 6.48. The van der Waals surface area contributed by atoms with E-state index in [-0.39, 0.29) is 24.4 Å². The minimum atomic E-state index is -0.845. The molecule has 0 radical (unpaired) electrons. The summed E-state index contributed by atoms with van der Waals surface area (Å²) in [7, 11) is 0. The molecule has 0 spiro atoms. The van der Waals surface area contributed by atoms with Crippen LogP contribution in [0.5, 0.6) is 0 Å². The fraction of sp³-hybridized carbons (Fsp3) is 0.600. The Morgan fingerprint density at radius 2 is 1.77 bits per heavy atom. The first-order chi connectivity index (χ1) is 19.1. The molecule has 3 heterocycles. The van der Waals surface area contributed by atoms with Crippen LogP contribution in [-0.4, -0.2) is 93.7 Å². The molecule has 218 valence electrons. The predicted octanol–water partition coefficient (Wildman–Crippen LogP) is 2.90. The van der Waals surface area contributed by atoms with Crippen molar-refractivity contribution >= 4 is 17.8 Å². The van der Waals surface area contributed by atoms with E-state index < -0.39 is 11.1 Å². The molecule has 1 aromatic carbocycles. The van der Waals surface area contributed by atoms with Gasteiger partial charge in [0.05, 0.1) is 17.7 Å². The smallest absolute Gasteiger partial charge is 0.354 e. The highest BCUT2D eigenvalue weighted by atomic mass is 16.3. The van der Waals surface area contributed by atoms with Gasteiger partial charge in [-0.3, -0.25) is 14.7 Å². The number of nitrogens with zero attached hydrogens (tertiary/aromatic N) is 5. The van der Waals surface area contributed by atoms with E-state index in [1.807, 2.05) is 12.1 Å². The zero-order valence-corrected chi connectivity index (χ0v) is 24.4. The Morgan fingerprint density at radius 3 is 2.45 bits per heavy atom. The summed E-state index contributed by atoms with van der Waals surface area (Å²) in [4.78, 5) is 48.1. The number of amides is 3. The molecule has 2 N–H and O–H groups in total. The van der Waals surface area contributed by atoms with Gasteiger partial charge < -0.3 is 19.8 Å². The fourth-order valence-electron chi connectivity index (χ4n) is 5.40. The van der Waals surface area contributed by atoms with Crippen molar-refractivity contribution in [3.63, 3.8) is 0 Å². The number of aromatic nitrogens is 2. The molecule has 0 aliphatic carbocycles. The number of likely N-dealkylation sites (tertiary alicyclic amines) is 1. The Bertz CT molecular complexity index is 1250. The molecule has 1 aromatic heterocycles. The highest BCUT2D eigenvalue weighted by molar-refractivity contribution is 5.88. The molecule has 4 rings (SSSR count). The number of rotatable bonds is 7. The third kappa shape index (κ3) is 7.28. The Morgan fingerprint density at radius 1 is 1.05 bits per heavy atom. The number of aliphatic hydroxyl groups is 1. The number of urea groups is 1. The maximum absolute atomic E-state index is 12.8. The van der Waals surface area contributed by atoms with E-state index in [1.165, 1.54) is 42.5 Å². The summed E-state index contributed by atoms with van der Waals surface area (Å²) >= 11 is 0. The number of carbonyl (C=O) groups excluding carboxylic acids is 2. The highest BCUT2D eigenvalue weighted by Crippen LogP contribution is 2.20. The van der Waals surface area contributed by atoms with Gasteiger partial charge in [-0.1, -0.05) is 13.0 Å². The van der Waals surface area contributed by atoms with Crippen molar-refractivity contribution in [3.05, 3.63) is 52.1 Å². The van der Waals surface area contributed by atoms with Gasteiger partial charge in [0, 0.05) is 38.9 Å². The van der Waals surface area contributed by atoms with Crippen LogP contribution in [0.4, 0.5) is 10.6 Å². The van der Waals surface area contributed by atoms with Gasteiger partial charge in [-0.05, 0) is 94.8 Å². The number of anilines is 1. The van der Waals surface area contributed by atoms with Crippen LogP contribution in [0.25, 0.3) is 5.69 Å². The lowest BCUT2D eigenvalue weighted by molar-refractivity contribution is -0.143. The number of hydrogen-bond acceptors (Lipinski definition) is 6. The molecule has 1 unspecified atom stereocenters. The second kappa shape index (κ2) is 13.0. The van der Waals surface area contributed by atoms with Crippen molar-refractivity contribution in [2.24, 2.45) is 11.3 Å². The Kier molecular flexibility index (Phi) is 9.63. The van der Waals surface area contributed by atoms with Crippen molar-refractivity contribution in [2.75, 3.05) is 57.7 Å². The molecule has 10 heteroatoms. The summed E-state index contributed by atoms with van der Waals surface area (Å²) in [5, 5.41) is 12.2. The van der Waals surface area contributed by atoms with Crippen molar-refractivity contribution in [1.82, 2.24) is 24.3 Å². The number of carbonyl (C=O) groups is 2. The Balaban J connectivity index is 1.32. The van der Waals surface area contributed by atoms with E-state index in [1.54, 1.807) is 35.9 Å². The SMILES string of the molecule is Cc1cc(-n2ccc(NC(=O)N3CCN(C(=O)C(C)(C)CO)CC3)nc2=O)ccc1CCN1CCCC(C)CC1. The van der Waals surface area contributed by atoms with E-state index in [9.17, 15) is 19.5 Å². The normalized spacial score (nSPS) is 18.9. The van der Waals surface area contributed by atoms with Gasteiger partial charge in [0.25, 0.3) is 0 Å². The van der Waals surface area contributed by atoms with Crippen LogP contribution < -0.4 is 11.0 Å². The fourth-order valence-corrected chi connectivity index (χ4v) is 5.40. The van der Waals surface area contributed by atoms with Gasteiger partial charge in [-0.15, -0.1) is 0 Å². The molecule has 2 aromatic rings. The topological polar surface area (TPSA) is 111 Å². The first kappa shape index (κ1) is 29.7. The van der Waals surface area contributed by atoms with E-state index in [0.717, 1.165) is 30.1 Å². The van der Waals surface area contributed by atoms with E-state index in [4.69, 9.17) is 0 Å². The van der Waals surface area contributed by atoms with Crippen molar-refractivity contribution in [2.45, 2.75) is 53.4 Å². The number of aryl methyl sites for hydroxylation is 1. The van der Waals surface area contributed by atoms with Crippen LogP contribution in [0.2, 0.25) is 0 Å². The summed E-state index contributed by atoms with van der Waals surface area (Å²) in [5.74, 6) is 0.873. The van der Waals surface area contributed by atoms with Crippen LogP contribution in [0.1, 0.15) is 51.2 Å². The number of hydrogen-bond donors (Lipinski definition) is 2. The van der Waals surface area contributed by atoms with Crippen LogP contribution in [0.3, 0.4) is 0 Å². The zero-order valence-electron chi connectivity index (χ0n) is 24.4. The predicted molar refractivity (Wildman–Crippen MR) is 156 cm³/mol. The molecule has 2 saturated heterocycles. The quantitative estimate of drug-likeness (QED) is 0.547. The lowest BCUT2D eigenvalue weighted by Gasteiger charge is -2.38. The van der Waals surface area contributed by atoms with Crippen LogP contribution in [-0.2, 0) is 11.2 Å². The molecule has 2 fully saturated rings. The van der Waals surface area contributed by atoms with Gasteiger partial charge in [0.15, 0.2) is 0 Å². The molecule has 40 heavy (non-hydrogen) atoms. The van der Waals surface area contributed by atoms with Crippen LogP contribution in [0.15, 0.2) is 35.3 Å². The molecular formula is C30H44N6O4. The molecule has 2 aliphatic rings.